The Morgan fingerprint density at radius 2 is 1.79 bits per heavy atom. The largest absolute Gasteiger partial charge is 0.497 e. The number of rotatable bonds is 4. The van der Waals surface area contributed by atoms with Crippen LogP contribution in [0.2, 0.25) is 0 Å². The van der Waals surface area contributed by atoms with E-state index in [1.807, 2.05) is 29.2 Å². The summed E-state index contributed by atoms with van der Waals surface area (Å²) < 4.78 is 6.90. The third kappa shape index (κ3) is 3.90. The maximum Gasteiger partial charge on any atom is 0.254 e. The fourth-order valence-corrected chi connectivity index (χ4v) is 4.20. The number of nitrogens with zero attached hydrogens (tertiary/aromatic N) is 2. The molecule has 1 saturated heterocycles. The van der Waals surface area contributed by atoms with Crippen LogP contribution in [0.5, 0.6) is 5.75 Å². The second kappa shape index (κ2) is 8.11. The summed E-state index contributed by atoms with van der Waals surface area (Å²) in [6, 6.07) is 17.4. The molecule has 5 heteroatoms. The molecule has 3 aromatic rings. The molecule has 1 amide bonds. The normalized spacial score (nSPS) is 14.9. The van der Waals surface area contributed by atoms with Gasteiger partial charge in [-0.25, -0.2) is 0 Å². The lowest BCUT2D eigenvalue weighted by molar-refractivity contribution is 0.0692. The molecular weight excluding hydrogens is 364 g/mol. The van der Waals surface area contributed by atoms with Crippen LogP contribution in [0.25, 0.3) is 10.9 Å². The lowest BCUT2D eigenvalue weighted by Gasteiger charge is -2.32. The van der Waals surface area contributed by atoms with E-state index in [1.165, 1.54) is 11.6 Å². The van der Waals surface area contributed by atoms with Crippen molar-refractivity contribution in [1.82, 2.24) is 9.47 Å². The van der Waals surface area contributed by atoms with Crippen LogP contribution >= 0.6 is 0 Å². The first-order chi connectivity index (χ1) is 14.1. The Balaban J connectivity index is 1.55. The van der Waals surface area contributed by atoms with E-state index in [4.69, 9.17) is 4.74 Å². The summed E-state index contributed by atoms with van der Waals surface area (Å²) >= 11 is 0. The molecule has 1 fully saturated rings. The van der Waals surface area contributed by atoms with Gasteiger partial charge in [-0.1, -0.05) is 30.3 Å². The van der Waals surface area contributed by atoms with Crippen molar-refractivity contribution < 1.29 is 9.53 Å². The van der Waals surface area contributed by atoms with E-state index in [2.05, 4.69) is 24.3 Å². The van der Waals surface area contributed by atoms with Crippen LogP contribution in [-0.2, 0) is 13.5 Å². The molecule has 0 N–H and O–H groups in total. The van der Waals surface area contributed by atoms with E-state index in [0.29, 0.717) is 17.2 Å². The van der Waals surface area contributed by atoms with E-state index in [1.54, 1.807) is 18.7 Å². The van der Waals surface area contributed by atoms with Crippen molar-refractivity contribution in [3.63, 3.8) is 0 Å². The fourth-order valence-electron chi connectivity index (χ4n) is 4.20. The molecular formula is C24H26N2O3. The maximum absolute atomic E-state index is 13.3. The van der Waals surface area contributed by atoms with Crippen LogP contribution in [0, 0.1) is 5.92 Å². The van der Waals surface area contributed by atoms with Crippen molar-refractivity contribution in [1.29, 1.82) is 0 Å². The van der Waals surface area contributed by atoms with Crippen LogP contribution in [0.4, 0.5) is 0 Å². The van der Waals surface area contributed by atoms with Gasteiger partial charge >= 0.3 is 0 Å². The molecule has 5 nitrogen and oxygen atoms in total. The summed E-state index contributed by atoms with van der Waals surface area (Å²) in [6.45, 7) is 1.44. The minimum atomic E-state index is -0.176. The third-order valence-electron chi connectivity index (χ3n) is 5.95. The van der Waals surface area contributed by atoms with Gasteiger partial charge in [-0.05, 0) is 48.9 Å². The molecule has 0 aliphatic carbocycles. The SMILES string of the molecule is COc1ccc2c(c1)c(C(=O)N1CCC(Cc3ccccc3)CC1)cc(=O)n2C. The third-order valence-corrected chi connectivity index (χ3v) is 5.95. The highest BCUT2D eigenvalue weighted by atomic mass is 16.5. The molecule has 150 valence electrons. The molecule has 1 aliphatic heterocycles. The summed E-state index contributed by atoms with van der Waals surface area (Å²) in [7, 11) is 3.32. The van der Waals surface area contributed by atoms with Gasteiger partial charge in [0, 0.05) is 31.6 Å². The van der Waals surface area contributed by atoms with Crippen LogP contribution < -0.4 is 10.3 Å². The van der Waals surface area contributed by atoms with E-state index in [9.17, 15) is 9.59 Å². The molecule has 29 heavy (non-hydrogen) atoms. The number of hydrogen-bond acceptors (Lipinski definition) is 3. The highest BCUT2D eigenvalue weighted by Gasteiger charge is 2.25. The van der Waals surface area contributed by atoms with E-state index in [-0.39, 0.29) is 11.5 Å². The summed E-state index contributed by atoms with van der Waals surface area (Å²) in [5, 5.41) is 0.753. The monoisotopic (exact) mass is 390 g/mol. The number of amides is 1. The Hall–Kier alpha value is -3.08. The fraction of sp³-hybridized carbons (Fsp3) is 0.333. The minimum absolute atomic E-state index is 0.0703. The van der Waals surface area contributed by atoms with Gasteiger partial charge in [0.2, 0.25) is 0 Å². The van der Waals surface area contributed by atoms with Gasteiger partial charge in [-0.15, -0.1) is 0 Å². The van der Waals surface area contributed by atoms with E-state index >= 15 is 0 Å². The molecule has 1 aromatic heterocycles. The lowest BCUT2D eigenvalue weighted by Crippen LogP contribution is -2.39. The van der Waals surface area contributed by atoms with Crippen LogP contribution in [0.1, 0.15) is 28.8 Å². The summed E-state index contributed by atoms with van der Waals surface area (Å²) in [5.41, 5.74) is 2.37. The molecule has 0 atom stereocenters. The highest BCUT2D eigenvalue weighted by Crippen LogP contribution is 2.26. The Morgan fingerprint density at radius 3 is 2.48 bits per heavy atom. The standard InChI is InChI=1S/C24H26N2O3/c1-25-22-9-8-19(29-2)15-20(22)21(16-23(25)27)24(28)26-12-10-18(11-13-26)14-17-6-4-3-5-7-17/h3-9,15-16,18H,10-14H2,1-2H3. The predicted molar refractivity (Wildman–Crippen MR) is 115 cm³/mol. The molecule has 0 radical (unpaired) electrons. The van der Waals surface area contributed by atoms with Crippen molar-refractivity contribution in [3.8, 4) is 5.75 Å². The predicted octanol–water partition coefficient (Wildman–Crippen LogP) is 3.64. The second-order valence-electron chi connectivity index (χ2n) is 7.76. The van der Waals surface area contributed by atoms with Gasteiger partial charge < -0.3 is 14.2 Å². The van der Waals surface area contributed by atoms with Crippen molar-refractivity contribution in [2.75, 3.05) is 20.2 Å². The van der Waals surface area contributed by atoms with Crippen molar-refractivity contribution in [2.24, 2.45) is 13.0 Å². The molecule has 1 aliphatic rings. The number of benzene rings is 2. The number of aryl methyl sites for hydroxylation is 1. The summed E-state index contributed by atoms with van der Waals surface area (Å²) in [5.74, 6) is 1.19. The minimum Gasteiger partial charge on any atom is -0.497 e. The van der Waals surface area contributed by atoms with Gasteiger partial charge in [-0.2, -0.15) is 0 Å². The number of carbonyl (C=O) groups is 1. The first kappa shape index (κ1) is 19.2. The zero-order chi connectivity index (χ0) is 20.4. The number of piperidine rings is 1. The summed E-state index contributed by atoms with van der Waals surface area (Å²) in [4.78, 5) is 27.6. The molecule has 2 aromatic carbocycles. The topological polar surface area (TPSA) is 51.5 Å². The second-order valence-corrected chi connectivity index (χ2v) is 7.76. The number of ether oxygens (including phenoxy) is 1. The number of likely N-dealkylation sites (tertiary alicyclic amines) is 1. The first-order valence-corrected chi connectivity index (χ1v) is 10.1. The zero-order valence-corrected chi connectivity index (χ0v) is 16.9. The Kier molecular flexibility index (Phi) is 5.38. The quantitative estimate of drug-likeness (QED) is 0.683. The van der Waals surface area contributed by atoms with Gasteiger partial charge in [0.1, 0.15) is 5.75 Å². The number of aromatic nitrogens is 1. The smallest absolute Gasteiger partial charge is 0.254 e. The van der Waals surface area contributed by atoms with E-state index in [0.717, 1.165) is 43.3 Å². The van der Waals surface area contributed by atoms with Gasteiger partial charge in [-0.3, -0.25) is 9.59 Å². The van der Waals surface area contributed by atoms with Crippen LogP contribution in [0.3, 0.4) is 0 Å². The molecule has 0 saturated carbocycles. The van der Waals surface area contributed by atoms with Crippen LogP contribution in [-0.4, -0.2) is 35.6 Å². The number of hydrogen-bond donors (Lipinski definition) is 0. The zero-order valence-electron chi connectivity index (χ0n) is 16.9. The Labute approximate surface area is 170 Å². The summed E-state index contributed by atoms with van der Waals surface area (Å²) in [6.07, 6.45) is 3.01. The van der Waals surface area contributed by atoms with Gasteiger partial charge in [0.15, 0.2) is 0 Å². The molecule has 2 heterocycles. The molecule has 0 spiro atoms. The Bertz CT molecular complexity index is 1080. The lowest BCUT2D eigenvalue weighted by atomic mass is 9.90. The van der Waals surface area contributed by atoms with Gasteiger partial charge in [0.05, 0.1) is 18.2 Å². The Morgan fingerprint density at radius 1 is 1.07 bits per heavy atom. The van der Waals surface area contributed by atoms with Gasteiger partial charge in [0.25, 0.3) is 11.5 Å². The van der Waals surface area contributed by atoms with Crippen molar-refractivity contribution in [2.45, 2.75) is 19.3 Å². The molecule has 0 unspecified atom stereocenters. The van der Waals surface area contributed by atoms with Crippen LogP contribution in [0.15, 0.2) is 59.4 Å². The maximum atomic E-state index is 13.3. The molecule has 4 rings (SSSR count). The number of methoxy groups -OCH3 is 1. The average molecular weight is 390 g/mol. The van der Waals surface area contributed by atoms with E-state index < -0.39 is 0 Å². The number of fused-ring (bicyclic) bond motifs is 1. The van der Waals surface area contributed by atoms with Crippen molar-refractivity contribution in [3.05, 3.63) is 76.1 Å². The van der Waals surface area contributed by atoms with Crippen molar-refractivity contribution >= 4 is 16.8 Å². The number of pyridine rings is 1. The number of carbonyl (C=O) groups excluding carboxylic acids is 1. The molecule has 0 bridgehead atoms. The highest BCUT2D eigenvalue weighted by molar-refractivity contribution is 6.06. The average Bonchev–Trinajstić information content (AvgIpc) is 2.76. The first-order valence-electron chi connectivity index (χ1n) is 10.1.